The van der Waals surface area contributed by atoms with Gasteiger partial charge < -0.3 is 10.1 Å². The van der Waals surface area contributed by atoms with Gasteiger partial charge in [0.25, 0.3) is 0 Å². The molecule has 0 aliphatic carbocycles. The third kappa shape index (κ3) is 4.97. The molecule has 0 aliphatic rings. The monoisotopic (exact) mass is 361 g/mol. The van der Waals surface area contributed by atoms with E-state index in [1.807, 2.05) is 54.6 Å². The summed E-state index contributed by atoms with van der Waals surface area (Å²) in [5.74, 6) is 0.0359. The summed E-state index contributed by atoms with van der Waals surface area (Å²) in [6.45, 7) is 0.599. The summed E-state index contributed by atoms with van der Waals surface area (Å²) in [6.07, 6.45) is 1.19. The van der Waals surface area contributed by atoms with Crippen molar-refractivity contribution in [3.63, 3.8) is 0 Å². The van der Waals surface area contributed by atoms with Crippen molar-refractivity contribution in [2.24, 2.45) is 0 Å². The van der Waals surface area contributed by atoms with Gasteiger partial charge in [-0.2, -0.15) is 0 Å². The SMILES string of the molecule is COCCCC(=O)NC(c1ccccc1)c1ccc(Br)cc1. The number of nitrogens with one attached hydrogen (secondary N) is 1. The van der Waals surface area contributed by atoms with Crippen LogP contribution in [-0.2, 0) is 9.53 Å². The molecule has 0 fully saturated rings. The molecular weight excluding hydrogens is 342 g/mol. The molecule has 2 aromatic rings. The Morgan fingerprint density at radius 3 is 2.36 bits per heavy atom. The maximum Gasteiger partial charge on any atom is 0.220 e. The van der Waals surface area contributed by atoms with Crippen LogP contribution in [0.5, 0.6) is 0 Å². The topological polar surface area (TPSA) is 38.3 Å². The van der Waals surface area contributed by atoms with E-state index in [9.17, 15) is 4.79 Å². The molecule has 0 aromatic heterocycles. The molecule has 1 atom stereocenters. The first-order chi connectivity index (χ1) is 10.7. The second kappa shape index (κ2) is 8.71. The Hall–Kier alpha value is -1.65. The number of benzene rings is 2. The third-order valence-corrected chi connectivity index (χ3v) is 3.92. The minimum absolute atomic E-state index is 0.0359. The molecule has 1 amide bonds. The summed E-state index contributed by atoms with van der Waals surface area (Å²) in [6, 6.07) is 17.9. The van der Waals surface area contributed by atoms with Gasteiger partial charge in [0, 0.05) is 24.6 Å². The summed E-state index contributed by atoms with van der Waals surface area (Å²) in [7, 11) is 1.65. The lowest BCUT2D eigenvalue weighted by molar-refractivity contribution is -0.121. The number of halogens is 1. The number of hydrogen-bond donors (Lipinski definition) is 1. The molecule has 0 radical (unpaired) electrons. The zero-order valence-corrected chi connectivity index (χ0v) is 14.2. The molecule has 0 aliphatic heterocycles. The van der Waals surface area contributed by atoms with Crippen LogP contribution in [0.1, 0.15) is 30.0 Å². The van der Waals surface area contributed by atoms with E-state index in [4.69, 9.17) is 4.74 Å². The molecular formula is C18H20BrNO2. The van der Waals surface area contributed by atoms with Crippen LogP contribution in [0.25, 0.3) is 0 Å². The van der Waals surface area contributed by atoms with E-state index >= 15 is 0 Å². The molecule has 0 saturated carbocycles. The minimum Gasteiger partial charge on any atom is -0.385 e. The highest BCUT2D eigenvalue weighted by Crippen LogP contribution is 2.23. The van der Waals surface area contributed by atoms with Crippen molar-refractivity contribution in [1.29, 1.82) is 0 Å². The van der Waals surface area contributed by atoms with Crippen molar-refractivity contribution < 1.29 is 9.53 Å². The van der Waals surface area contributed by atoms with Gasteiger partial charge in [-0.3, -0.25) is 4.79 Å². The number of amides is 1. The number of hydrogen-bond acceptors (Lipinski definition) is 2. The fraction of sp³-hybridized carbons (Fsp3) is 0.278. The molecule has 116 valence electrons. The van der Waals surface area contributed by atoms with Crippen molar-refractivity contribution in [2.75, 3.05) is 13.7 Å². The minimum atomic E-state index is -0.135. The molecule has 1 N–H and O–H groups in total. The van der Waals surface area contributed by atoms with Gasteiger partial charge in [-0.05, 0) is 29.7 Å². The number of rotatable bonds is 7. The lowest BCUT2D eigenvalue weighted by atomic mass is 9.98. The van der Waals surface area contributed by atoms with E-state index < -0.39 is 0 Å². The second-order valence-corrected chi connectivity index (χ2v) is 5.97. The maximum absolute atomic E-state index is 12.2. The van der Waals surface area contributed by atoms with Crippen molar-refractivity contribution in [3.8, 4) is 0 Å². The van der Waals surface area contributed by atoms with Gasteiger partial charge >= 0.3 is 0 Å². The Morgan fingerprint density at radius 2 is 1.73 bits per heavy atom. The van der Waals surface area contributed by atoms with Gasteiger partial charge in [-0.1, -0.05) is 58.4 Å². The van der Waals surface area contributed by atoms with Crippen molar-refractivity contribution in [2.45, 2.75) is 18.9 Å². The first-order valence-electron chi connectivity index (χ1n) is 7.29. The first kappa shape index (κ1) is 16.7. The van der Waals surface area contributed by atoms with Crippen LogP contribution in [0.15, 0.2) is 59.1 Å². The molecule has 22 heavy (non-hydrogen) atoms. The van der Waals surface area contributed by atoms with Crippen LogP contribution in [0.3, 0.4) is 0 Å². The third-order valence-electron chi connectivity index (χ3n) is 3.39. The Labute approximate surface area is 139 Å². The molecule has 0 heterocycles. The van der Waals surface area contributed by atoms with Gasteiger partial charge in [-0.15, -0.1) is 0 Å². The molecule has 0 saturated heterocycles. The molecule has 2 aromatic carbocycles. The summed E-state index contributed by atoms with van der Waals surface area (Å²) < 4.78 is 6.02. The lowest BCUT2D eigenvalue weighted by Gasteiger charge is -2.20. The summed E-state index contributed by atoms with van der Waals surface area (Å²) in [5.41, 5.74) is 2.14. The number of methoxy groups -OCH3 is 1. The molecule has 0 spiro atoms. The highest BCUT2D eigenvalue weighted by atomic mass is 79.9. The van der Waals surface area contributed by atoms with Crippen molar-refractivity contribution in [3.05, 3.63) is 70.2 Å². The van der Waals surface area contributed by atoms with Crippen LogP contribution >= 0.6 is 15.9 Å². The van der Waals surface area contributed by atoms with Gasteiger partial charge in [-0.25, -0.2) is 0 Å². The lowest BCUT2D eigenvalue weighted by Crippen LogP contribution is -2.29. The van der Waals surface area contributed by atoms with Crippen LogP contribution in [-0.4, -0.2) is 19.6 Å². The molecule has 4 heteroatoms. The van der Waals surface area contributed by atoms with Crippen molar-refractivity contribution >= 4 is 21.8 Å². The van der Waals surface area contributed by atoms with E-state index in [0.29, 0.717) is 13.0 Å². The fourth-order valence-electron chi connectivity index (χ4n) is 2.27. The highest BCUT2D eigenvalue weighted by Gasteiger charge is 2.16. The number of ether oxygens (including phenoxy) is 1. The van der Waals surface area contributed by atoms with E-state index in [0.717, 1.165) is 22.0 Å². The smallest absolute Gasteiger partial charge is 0.220 e. The van der Waals surface area contributed by atoms with E-state index in [1.54, 1.807) is 7.11 Å². The highest BCUT2D eigenvalue weighted by molar-refractivity contribution is 9.10. The fourth-order valence-corrected chi connectivity index (χ4v) is 2.53. The Kier molecular flexibility index (Phi) is 6.62. The normalized spacial score (nSPS) is 11.9. The number of carbonyl (C=O) groups is 1. The van der Waals surface area contributed by atoms with Crippen LogP contribution in [0, 0.1) is 0 Å². The number of carbonyl (C=O) groups excluding carboxylic acids is 1. The zero-order chi connectivity index (χ0) is 15.8. The average molecular weight is 362 g/mol. The molecule has 0 bridgehead atoms. The second-order valence-electron chi connectivity index (χ2n) is 5.06. The van der Waals surface area contributed by atoms with Gasteiger partial charge in [0.2, 0.25) is 5.91 Å². The predicted molar refractivity (Wildman–Crippen MR) is 91.7 cm³/mol. The quantitative estimate of drug-likeness (QED) is 0.754. The largest absolute Gasteiger partial charge is 0.385 e. The molecule has 1 unspecified atom stereocenters. The van der Waals surface area contributed by atoms with E-state index in [-0.39, 0.29) is 11.9 Å². The van der Waals surface area contributed by atoms with Gasteiger partial charge in [0.1, 0.15) is 0 Å². The van der Waals surface area contributed by atoms with Gasteiger partial charge in [0.15, 0.2) is 0 Å². The van der Waals surface area contributed by atoms with Crippen LogP contribution < -0.4 is 5.32 Å². The standard InChI is InChI=1S/C18H20BrNO2/c1-22-13-5-8-17(21)20-18(14-6-3-2-4-7-14)15-9-11-16(19)12-10-15/h2-4,6-7,9-12,18H,5,8,13H2,1H3,(H,20,21). The summed E-state index contributed by atoms with van der Waals surface area (Å²) in [4.78, 5) is 12.2. The van der Waals surface area contributed by atoms with E-state index in [1.165, 1.54) is 0 Å². The van der Waals surface area contributed by atoms with E-state index in [2.05, 4.69) is 21.2 Å². The molecule has 2 rings (SSSR count). The molecule has 3 nitrogen and oxygen atoms in total. The summed E-state index contributed by atoms with van der Waals surface area (Å²) >= 11 is 3.44. The average Bonchev–Trinajstić information content (AvgIpc) is 2.55. The predicted octanol–water partition coefficient (Wildman–Crippen LogP) is 4.08. The zero-order valence-electron chi connectivity index (χ0n) is 12.6. The first-order valence-corrected chi connectivity index (χ1v) is 8.08. The Bertz CT molecular complexity index is 584. The van der Waals surface area contributed by atoms with Gasteiger partial charge in [0.05, 0.1) is 6.04 Å². The Balaban J connectivity index is 2.15. The van der Waals surface area contributed by atoms with Crippen LogP contribution in [0.4, 0.5) is 0 Å². The Morgan fingerprint density at radius 1 is 1.09 bits per heavy atom. The van der Waals surface area contributed by atoms with Crippen LogP contribution in [0.2, 0.25) is 0 Å². The maximum atomic E-state index is 12.2. The van der Waals surface area contributed by atoms with Crippen molar-refractivity contribution in [1.82, 2.24) is 5.32 Å². The summed E-state index contributed by atoms with van der Waals surface area (Å²) in [5, 5.41) is 3.12.